The van der Waals surface area contributed by atoms with Crippen LogP contribution in [-0.4, -0.2) is 24.1 Å². The third-order valence-corrected chi connectivity index (χ3v) is 4.71. The van der Waals surface area contributed by atoms with Crippen LogP contribution in [0.2, 0.25) is 0 Å². The zero-order chi connectivity index (χ0) is 15.8. The summed E-state index contributed by atoms with van der Waals surface area (Å²) < 4.78 is 12.0. The highest BCUT2D eigenvalue weighted by Gasteiger charge is 2.29. The molecule has 1 aliphatic heterocycles. The van der Waals surface area contributed by atoms with Crippen LogP contribution in [0.3, 0.4) is 0 Å². The maximum atomic E-state index is 12.4. The predicted octanol–water partition coefficient (Wildman–Crippen LogP) is 3.25. The van der Waals surface area contributed by atoms with Crippen LogP contribution >= 0.6 is 11.3 Å². The van der Waals surface area contributed by atoms with Crippen molar-refractivity contribution in [3.05, 3.63) is 48.0 Å². The standard InChI is InChI=1S/C17H14N2O3S/c1-21-12-7-4-8-14-15(12)18-17(23-14)19-16(20)13-9-10-5-2-3-6-11(10)22-13/h2-8,13H,9H2,1H3,(H,18,19,20). The summed E-state index contributed by atoms with van der Waals surface area (Å²) in [6, 6.07) is 13.4. The van der Waals surface area contributed by atoms with Crippen molar-refractivity contribution in [2.24, 2.45) is 0 Å². The number of methoxy groups -OCH3 is 1. The molecule has 1 unspecified atom stereocenters. The first-order chi connectivity index (χ1) is 11.2. The number of para-hydroxylation sites is 2. The van der Waals surface area contributed by atoms with Crippen molar-refractivity contribution < 1.29 is 14.3 Å². The number of ether oxygens (including phenoxy) is 2. The zero-order valence-corrected chi connectivity index (χ0v) is 13.2. The monoisotopic (exact) mass is 326 g/mol. The number of fused-ring (bicyclic) bond motifs is 2. The van der Waals surface area contributed by atoms with Gasteiger partial charge in [0.2, 0.25) is 0 Å². The normalized spacial score (nSPS) is 16.0. The molecule has 3 aromatic rings. The lowest BCUT2D eigenvalue weighted by molar-refractivity contribution is -0.122. The molecule has 0 fully saturated rings. The maximum Gasteiger partial charge on any atom is 0.267 e. The van der Waals surface area contributed by atoms with Gasteiger partial charge in [-0.2, -0.15) is 0 Å². The maximum absolute atomic E-state index is 12.4. The molecule has 0 saturated heterocycles. The average Bonchev–Trinajstić information content (AvgIpc) is 3.17. The number of nitrogens with one attached hydrogen (secondary N) is 1. The largest absolute Gasteiger partial charge is 0.494 e. The Morgan fingerprint density at radius 2 is 2.17 bits per heavy atom. The van der Waals surface area contributed by atoms with Crippen molar-refractivity contribution in [2.45, 2.75) is 12.5 Å². The molecule has 5 nitrogen and oxygen atoms in total. The number of benzene rings is 2. The molecular formula is C17H14N2O3S. The third-order valence-electron chi connectivity index (χ3n) is 3.77. The Balaban J connectivity index is 1.54. The Hall–Kier alpha value is -2.60. The molecular weight excluding hydrogens is 312 g/mol. The first-order valence-electron chi connectivity index (χ1n) is 7.23. The summed E-state index contributed by atoms with van der Waals surface area (Å²) in [5, 5.41) is 3.40. The van der Waals surface area contributed by atoms with E-state index in [-0.39, 0.29) is 5.91 Å². The van der Waals surface area contributed by atoms with Gasteiger partial charge in [0, 0.05) is 6.42 Å². The zero-order valence-electron chi connectivity index (χ0n) is 12.4. The molecule has 23 heavy (non-hydrogen) atoms. The van der Waals surface area contributed by atoms with Gasteiger partial charge in [0.1, 0.15) is 17.0 Å². The second-order valence-electron chi connectivity index (χ2n) is 5.23. The summed E-state index contributed by atoms with van der Waals surface area (Å²) in [5.74, 6) is 1.29. The summed E-state index contributed by atoms with van der Waals surface area (Å²) in [4.78, 5) is 16.9. The van der Waals surface area contributed by atoms with Gasteiger partial charge in [0.25, 0.3) is 5.91 Å². The van der Waals surface area contributed by atoms with E-state index in [4.69, 9.17) is 9.47 Å². The molecule has 116 valence electrons. The highest BCUT2D eigenvalue weighted by molar-refractivity contribution is 7.22. The number of carbonyl (C=O) groups excluding carboxylic acids is 1. The Labute approximate surface area is 136 Å². The topological polar surface area (TPSA) is 60.5 Å². The highest BCUT2D eigenvalue weighted by atomic mass is 32.1. The number of anilines is 1. The number of nitrogens with zero attached hydrogens (tertiary/aromatic N) is 1. The Morgan fingerprint density at radius 3 is 3.00 bits per heavy atom. The molecule has 0 saturated carbocycles. The van der Waals surface area contributed by atoms with Crippen LogP contribution in [0.25, 0.3) is 10.2 Å². The minimum atomic E-state index is -0.513. The average molecular weight is 326 g/mol. The summed E-state index contributed by atoms with van der Waals surface area (Å²) in [7, 11) is 1.61. The van der Waals surface area contributed by atoms with Gasteiger partial charge in [0.15, 0.2) is 11.2 Å². The minimum absolute atomic E-state index is 0.181. The van der Waals surface area contributed by atoms with Gasteiger partial charge in [-0.25, -0.2) is 4.98 Å². The first-order valence-corrected chi connectivity index (χ1v) is 8.05. The van der Waals surface area contributed by atoms with Crippen molar-refractivity contribution in [2.75, 3.05) is 12.4 Å². The predicted molar refractivity (Wildman–Crippen MR) is 89.4 cm³/mol. The fraction of sp³-hybridized carbons (Fsp3) is 0.176. The van der Waals surface area contributed by atoms with E-state index in [0.29, 0.717) is 17.3 Å². The second-order valence-corrected chi connectivity index (χ2v) is 6.26. The summed E-state index contributed by atoms with van der Waals surface area (Å²) in [6.07, 6.45) is 0.0669. The lowest BCUT2D eigenvalue weighted by Crippen LogP contribution is -2.31. The number of hydrogen-bond acceptors (Lipinski definition) is 5. The molecule has 0 radical (unpaired) electrons. The van der Waals surface area contributed by atoms with Crippen LogP contribution in [-0.2, 0) is 11.2 Å². The summed E-state index contributed by atoms with van der Waals surface area (Å²) in [5.41, 5.74) is 1.81. The number of aromatic nitrogens is 1. The number of carbonyl (C=O) groups is 1. The number of rotatable bonds is 3. The molecule has 2 heterocycles. The van der Waals surface area contributed by atoms with E-state index in [0.717, 1.165) is 21.5 Å². The second kappa shape index (κ2) is 5.55. The lowest BCUT2D eigenvalue weighted by Gasteiger charge is -2.09. The molecule has 2 aromatic carbocycles. The van der Waals surface area contributed by atoms with E-state index < -0.39 is 6.10 Å². The fourth-order valence-electron chi connectivity index (χ4n) is 2.66. The number of thiazole rings is 1. The van der Waals surface area contributed by atoms with Gasteiger partial charge in [-0.05, 0) is 23.8 Å². The van der Waals surface area contributed by atoms with Crippen molar-refractivity contribution >= 4 is 32.6 Å². The summed E-state index contributed by atoms with van der Waals surface area (Å²) in [6.45, 7) is 0. The first kappa shape index (κ1) is 14.0. The smallest absolute Gasteiger partial charge is 0.267 e. The summed E-state index contributed by atoms with van der Waals surface area (Å²) >= 11 is 1.42. The molecule has 6 heteroatoms. The van der Waals surface area contributed by atoms with Gasteiger partial charge in [-0.15, -0.1) is 0 Å². The van der Waals surface area contributed by atoms with Crippen LogP contribution in [0.4, 0.5) is 5.13 Å². The quantitative estimate of drug-likeness (QED) is 0.802. The van der Waals surface area contributed by atoms with Gasteiger partial charge in [-0.1, -0.05) is 35.6 Å². The van der Waals surface area contributed by atoms with E-state index in [2.05, 4.69) is 10.3 Å². The van der Waals surface area contributed by atoms with Crippen LogP contribution in [0.1, 0.15) is 5.56 Å². The Kier molecular flexibility index (Phi) is 3.38. The van der Waals surface area contributed by atoms with Crippen molar-refractivity contribution in [3.8, 4) is 11.5 Å². The van der Waals surface area contributed by atoms with Gasteiger partial charge < -0.3 is 9.47 Å². The van der Waals surface area contributed by atoms with Gasteiger partial charge in [-0.3, -0.25) is 10.1 Å². The fourth-order valence-corrected chi connectivity index (χ4v) is 3.54. The Morgan fingerprint density at radius 1 is 1.30 bits per heavy atom. The number of amides is 1. The van der Waals surface area contributed by atoms with E-state index >= 15 is 0 Å². The van der Waals surface area contributed by atoms with Gasteiger partial charge in [0.05, 0.1) is 11.8 Å². The van der Waals surface area contributed by atoms with E-state index in [1.54, 1.807) is 7.11 Å². The van der Waals surface area contributed by atoms with Crippen molar-refractivity contribution in [3.63, 3.8) is 0 Å². The molecule has 0 bridgehead atoms. The lowest BCUT2D eigenvalue weighted by atomic mass is 10.1. The molecule has 0 spiro atoms. The molecule has 4 rings (SSSR count). The van der Waals surface area contributed by atoms with E-state index in [9.17, 15) is 4.79 Å². The minimum Gasteiger partial charge on any atom is -0.494 e. The molecule has 0 aliphatic carbocycles. The molecule has 1 aromatic heterocycles. The van der Waals surface area contributed by atoms with Crippen LogP contribution in [0.5, 0.6) is 11.5 Å². The molecule has 1 amide bonds. The Bertz CT molecular complexity index is 865. The highest BCUT2D eigenvalue weighted by Crippen LogP contribution is 2.33. The van der Waals surface area contributed by atoms with E-state index in [1.807, 2.05) is 42.5 Å². The molecule has 1 atom stereocenters. The van der Waals surface area contributed by atoms with E-state index in [1.165, 1.54) is 11.3 Å². The third kappa shape index (κ3) is 2.51. The van der Waals surface area contributed by atoms with Crippen LogP contribution < -0.4 is 14.8 Å². The van der Waals surface area contributed by atoms with Crippen molar-refractivity contribution in [1.29, 1.82) is 0 Å². The SMILES string of the molecule is COc1cccc2sc(NC(=O)C3Cc4ccccc4O3)nc12. The van der Waals surface area contributed by atoms with Crippen LogP contribution in [0, 0.1) is 0 Å². The van der Waals surface area contributed by atoms with Crippen molar-refractivity contribution in [1.82, 2.24) is 4.98 Å². The van der Waals surface area contributed by atoms with Crippen LogP contribution in [0.15, 0.2) is 42.5 Å². The molecule has 1 N–H and O–H groups in total. The van der Waals surface area contributed by atoms with Gasteiger partial charge >= 0.3 is 0 Å². The number of hydrogen-bond donors (Lipinski definition) is 1. The molecule has 1 aliphatic rings.